The van der Waals surface area contributed by atoms with Crippen molar-refractivity contribution in [3.8, 4) is 5.69 Å². The van der Waals surface area contributed by atoms with Gasteiger partial charge in [-0.3, -0.25) is 0 Å². The fraction of sp³-hybridized carbons (Fsp3) is 0.462. The Bertz CT molecular complexity index is 550. The molecule has 2 aromatic rings. The van der Waals surface area contributed by atoms with Crippen molar-refractivity contribution in [3.63, 3.8) is 0 Å². The van der Waals surface area contributed by atoms with Crippen LogP contribution in [0, 0.1) is 5.92 Å². The van der Waals surface area contributed by atoms with Gasteiger partial charge in [-0.25, -0.2) is 0 Å². The van der Waals surface area contributed by atoms with E-state index in [1.54, 1.807) is 0 Å². The fourth-order valence-corrected chi connectivity index (χ4v) is 3.27. The van der Waals surface area contributed by atoms with Gasteiger partial charge in [0.1, 0.15) is 0 Å². The van der Waals surface area contributed by atoms with Crippen LogP contribution in [-0.2, 0) is 0 Å². The van der Waals surface area contributed by atoms with Crippen LogP contribution >= 0.6 is 0 Å². The lowest BCUT2D eigenvalue weighted by molar-refractivity contribution is 0.543. The van der Waals surface area contributed by atoms with Crippen molar-refractivity contribution in [2.75, 3.05) is 11.4 Å². The number of rotatable bonds is 2. The van der Waals surface area contributed by atoms with Crippen LogP contribution in [0.25, 0.3) is 5.69 Å². The lowest BCUT2D eigenvalue weighted by atomic mass is 10.1. The highest BCUT2D eigenvalue weighted by Gasteiger charge is 2.40. The maximum atomic E-state index is 4.22. The number of nitrogens with zero attached hydrogens (tertiary/aromatic N) is 5. The summed E-state index contributed by atoms with van der Waals surface area (Å²) in [6, 6.07) is 10.7. The first-order valence-corrected chi connectivity index (χ1v) is 6.52. The average Bonchev–Trinajstić information content (AvgIpc) is 3.15. The first-order chi connectivity index (χ1) is 8.92. The standard InChI is InChI=1S/C13H15N5/c1-2-4-11(5-3-1)18-13(14-15-16-18)17-9-10-6-7-12(17)8-10/h1-5,10,12H,6-9H2/t10-,12-/m0/s1. The van der Waals surface area contributed by atoms with Gasteiger partial charge in [0.25, 0.3) is 5.95 Å². The highest BCUT2D eigenvalue weighted by atomic mass is 15.6. The van der Waals surface area contributed by atoms with Crippen molar-refractivity contribution in [2.45, 2.75) is 25.3 Å². The van der Waals surface area contributed by atoms with Gasteiger partial charge in [0.15, 0.2) is 0 Å². The molecule has 4 rings (SSSR count). The molecule has 2 aliphatic rings. The maximum absolute atomic E-state index is 4.22. The van der Waals surface area contributed by atoms with E-state index in [2.05, 4.69) is 20.4 Å². The number of para-hydroxylation sites is 1. The van der Waals surface area contributed by atoms with E-state index in [1.165, 1.54) is 19.3 Å². The smallest absolute Gasteiger partial charge is 0.250 e. The average molecular weight is 241 g/mol. The van der Waals surface area contributed by atoms with E-state index in [1.807, 2.05) is 35.0 Å². The molecule has 1 aliphatic heterocycles. The van der Waals surface area contributed by atoms with Crippen molar-refractivity contribution in [1.82, 2.24) is 20.2 Å². The second-order valence-corrected chi connectivity index (χ2v) is 5.21. The van der Waals surface area contributed by atoms with Crippen molar-refractivity contribution in [2.24, 2.45) is 5.92 Å². The number of fused-ring (bicyclic) bond motifs is 2. The number of anilines is 1. The zero-order chi connectivity index (χ0) is 11.9. The van der Waals surface area contributed by atoms with Crippen LogP contribution in [0.15, 0.2) is 30.3 Å². The molecule has 92 valence electrons. The predicted octanol–water partition coefficient (Wildman–Crippen LogP) is 1.65. The Morgan fingerprint density at radius 2 is 2.00 bits per heavy atom. The van der Waals surface area contributed by atoms with Gasteiger partial charge >= 0.3 is 0 Å². The van der Waals surface area contributed by atoms with Gasteiger partial charge in [-0.2, -0.15) is 4.68 Å². The summed E-state index contributed by atoms with van der Waals surface area (Å²) in [5, 5.41) is 12.2. The van der Waals surface area contributed by atoms with Crippen LogP contribution in [0.3, 0.4) is 0 Å². The molecule has 0 radical (unpaired) electrons. The van der Waals surface area contributed by atoms with Crippen LogP contribution < -0.4 is 4.90 Å². The SMILES string of the molecule is c1ccc(-n2nnnc2N2C[C@H]3CC[C@H]2C3)cc1. The molecule has 0 unspecified atom stereocenters. The summed E-state index contributed by atoms with van der Waals surface area (Å²) in [7, 11) is 0. The molecule has 2 fully saturated rings. The number of hydrogen-bond donors (Lipinski definition) is 0. The quantitative estimate of drug-likeness (QED) is 0.802. The van der Waals surface area contributed by atoms with E-state index in [9.17, 15) is 0 Å². The predicted molar refractivity (Wildman–Crippen MR) is 67.6 cm³/mol. The number of benzene rings is 1. The minimum absolute atomic E-state index is 0.642. The summed E-state index contributed by atoms with van der Waals surface area (Å²) in [5.41, 5.74) is 1.03. The molecule has 2 atom stereocenters. The fourth-order valence-electron chi connectivity index (χ4n) is 3.27. The first-order valence-electron chi connectivity index (χ1n) is 6.52. The Balaban J connectivity index is 1.73. The topological polar surface area (TPSA) is 46.8 Å². The molecule has 18 heavy (non-hydrogen) atoms. The van der Waals surface area contributed by atoms with Crippen LogP contribution in [0.4, 0.5) is 5.95 Å². The molecule has 1 saturated carbocycles. The third kappa shape index (κ3) is 1.43. The zero-order valence-corrected chi connectivity index (χ0v) is 10.1. The molecule has 1 saturated heterocycles. The van der Waals surface area contributed by atoms with Gasteiger partial charge in [-0.15, -0.1) is 0 Å². The van der Waals surface area contributed by atoms with Crippen LogP contribution in [0.2, 0.25) is 0 Å². The Morgan fingerprint density at radius 3 is 2.72 bits per heavy atom. The normalized spacial score (nSPS) is 25.9. The molecule has 0 N–H and O–H groups in total. The summed E-state index contributed by atoms with van der Waals surface area (Å²) < 4.78 is 1.85. The minimum Gasteiger partial charge on any atom is -0.336 e. The van der Waals surface area contributed by atoms with Crippen molar-refractivity contribution in [1.29, 1.82) is 0 Å². The Labute approximate surface area is 105 Å². The second kappa shape index (κ2) is 3.80. The van der Waals surface area contributed by atoms with Gasteiger partial charge in [-0.1, -0.05) is 23.3 Å². The van der Waals surface area contributed by atoms with E-state index in [-0.39, 0.29) is 0 Å². The largest absolute Gasteiger partial charge is 0.336 e. The van der Waals surface area contributed by atoms with E-state index < -0.39 is 0 Å². The highest BCUT2D eigenvalue weighted by molar-refractivity contribution is 5.43. The van der Waals surface area contributed by atoms with Gasteiger partial charge < -0.3 is 4.90 Å². The third-order valence-corrected chi connectivity index (χ3v) is 4.12. The summed E-state index contributed by atoms with van der Waals surface area (Å²) >= 11 is 0. The van der Waals surface area contributed by atoms with Gasteiger partial charge in [-0.05, 0) is 47.7 Å². The molecule has 0 spiro atoms. The Hall–Kier alpha value is -1.91. The van der Waals surface area contributed by atoms with Crippen LogP contribution in [0.1, 0.15) is 19.3 Å². The van der Waals surface area contributed by atoms with E-state index in [0.29, 0.717) is 6.04 Å². The van der Waals surface area contributed by atoms with Crippen molar-refractivity contribution in [3.05, 3.63) is 30.3 Å². The molecule has 1 aliphatic carbocycles. The second-order valence-electron chi connectivity index (χ2n) is 5.21. The molecule has 1 aromatic carbocycles. The number of aromatic nitrogens is 4. The Kier molecular flexibility index (Phi) is 2.12. The first kappa shape index (κ1) is 10.1. The van der Waals surface area contributed by atoms with Gasteiger partial charge in [0.05, 0.1) is 5.69 Å². The summed E-state index contributed by atoms with van der Waals surface area (Å²) in [5.74, 6) is 1.74. The zero-order valence-electron chi connectivity index (χ0n) is 10.1. The number of hydrogen-bond acceptors (Lipinski definition) is 4. The van der Waals surface area contributed by atoms with Gasteiger partial charge in [0.2, 0.25) is 0 Å². The molecule has 5 heteroatoms. The molecule has 2 heterocycles. The molecule has 2 bridgehead atoms. The minimum atomic E-state index is 0.642. The highest BCUT2D eigenvalue weighted by Crippen LogP contribution is 2.39. The molecule has 0 amide bonds. The molecule has 5 nitrogen and oxygen atoms in total. The monoisotopic (exact) mass is 241 g/mol. The molecular formula is C13H15N5. The lowest BCUT2D eigenvalue weighted by Crippen LogP contribution is -2.34. The van der Waals surface area contributed by atoms with Gasteiger partial charge in [0, 0.05) is 12.6 Å². The third-order valence-electron chi connectivity index (χ3n) is 4.12. The summed E-state index contributed by atoms with van der Waals surface area (Å²) in [6.45, 7) is 1.11. The van der Waals surface area contributed by atoms with Crippen LogP contribution in [0.5, 0.6) is 0 Å². The maximum Gasteiger partial charge on any atom is 0.250 e. The number of piperidine rings is 1. The molecular weight excluding hydrogens is 226 g/mol. The van der Waals surface area contributed by atoms with Crippen molar-refractivity contribution < 1.29 is 0 Å². The number of tetrazole rings is 1. The van der Waals surface area contributed by atoms with E-state index >= 15 is 0 Å². The Morgan fingerprint density at radius 1 is 1.11 bits per heavy atom. The van der Waals surface area contributed by atoms with E-state index in [4.69, 9.17) is 0 Å². The summed E-state index contributed by atoms with van der Waals surface area (Å²) in [4.78, 5) is 2.38. The molecule has 1 aromatic heterocycles. The lowest BCUT2D eigenvalue weighted by Gasteiger charge is -2.27. The van der Waals surface area contributed by atoms with Crippen molar-refractivity contribution >= 4 is 5.95 Å². The van der Waals surface area contributed by atoms with Crippen LogP contribution in [-0.4, -0.2) is 32.8 Å². The summed E-state index contributed by atoms with van der Waals surface area (Å²) in [6.07, 6.45) is 3.96. The van der Waals surface area contributed by atoms with E-state index in [0.717, 1.165) is 24.1 Å².